The Labute approximate surface area is 357 Å². The maximum absolute atomic E-state index is 12.7. The van der Waals surface area contributed by atoms with Crippen LogP contribution < -0.4 is 4.89 Å². The highest BCUT2D eigenvalue weighted by Crippen LogP contribution is 2.38. The topological polar surface area (TPSA) is 94.1 Å². The number of carbonyl (C=O) groups is 1. The highest BCUT2D eigenvalue weighted by atomic mass is 31.2. The Kier molecular flexibility index (Phi) is 40.2. The van der Waals surface area contributed by atoms with Crippen molar-refractivity contribution in [3.63, 3.8) is 0 Å². The number of hydrogen-bond acceptors (Lipinski definition) is 7. The summed E-state index contributed by atoms with van der Waals surface area (Å²) in [5.74, 6) is -0.362. The second kappa shape index (κ2) is 41.7. The number of carbonyl (C=O) groups excluding carboxylic acids is 1. The first-order valence-electron chi connectivity index (χ1n) is 23.2. The molecule has 9 heteroatoms. The molecule has 0 spiro atoms. The predicted octanol–water partition coefficient (Wildman–Crippen LogP) is 13.3. The lowest BCUT2D eigenvalue weighted by Crippen LogP contribution is -2.37. The van der Waals surface area contributed by atoms with Crippen LogP contribution in [0.5, 0.6) is 0 Å². The molecule has 0 saturated carbocycles. The van der Waals surface area contributed by atoms with E-state index in [1.165, 1.54) is 77.0 Å². The Morgan fingerprint density at radius 1 is 0.552 bits per heavy atom. The zero-order valence-electron chi connectivity index (χ0n) is 38.0. The average molecular weight is 834 g/mol. The van der Waals surface area contributed by atoms with Gasteiger partial charge in [-0.15, -0.1) is 0 Å². The molecule has 0 saturated heterocycles. The lowest BCUT2D eigenvalue weighted by molar-refractivity contribution is -0.870. The van der Waals surface area contributed by atoms with Gasteiger partial charge in [-0.25, -0.2) is 0 Å². The minimum Gasteiger partial charge on any atom is -0.756 e. The molecule has 0 heterocycles. The molecule has 0 aromatic rings. The Morgan fingerprint density at radius 3 is 1.50 bits per heavy atom. The maximum atomic E-state index is 12.7. The molecule has 0 aliphatic heterocycles. The van der Waals surface area contributed by atoms with Crippen molar-refractivity contribution in [1.82, 2.24) is 0 Å². The fourth-order valence-corrected chi connectivity index (χ4v) is 6.65. The zero-order chi connectivity index (χ0) is 42.7. The summed E-state index contributed by atoms with van der Waals surface area (Å²) in [6.45, 7) is 5.22. The van der Waals surface area contributed by atoms with Crippen molar-refractivity contribution in [2.24, 2.45) is 0 Å². The van der Waals surface area contributed by atoms with E-state index in [2.05, 4.69) is 86.8 Å². The van der Waals surface area contributed by atoms with E-state index >= 15 is 0 Å². The highest BCUT2D eigenvalue weighted by molar-refractivity contribution is 7.45. The van der Waals surface area contributed by atoms with Crippen molar-refractivity contribution >= 4 is 13.8 Å². The lowest BCUT2D eigenvalue weighted by Gasteiger charge is -2.28. The number of esters is 1. The van der Waals surface area contributed by atoms with Gasteiger partial charge >= 0.3 is 5.97 Å². The third kappa shape index (κ3) is 45.0. The smallest absolute Gasteiger partial charge is 0.306 e. The lowest BCUT2D eigenvalue weighted by atomic mass is 10.1. The van der Waals surface area contributed by atoms with Gasteiger partial charge in [-0.3, -0.25) is 9.36 Å². The Balaban J connectivity index is 4.27. The SMILES string of the molecule is CC/C=C\C/C=C\C/C=C\C/C=C\CCCCCCC(=O)OC(COCCCCCCCCCC/C=C\C/C=C\CCCCCC)COP(=O)([O-])OCC[N+](C)(C)C. The first-order valence-corrected chi connectivity index (χ1v) is 24.6. The third-order valence-electron chi connectivity index (χ3n) is 9.49. The van der Waals surface area contributed by atoms with Crippen LogP contribution in [0.3, 0.4) is 0 Å². The molecule has 0 aromatic carbocycles. The van der Waals surface area contributed by atoms with Crippen molar-refractivity contribution in [3.8, 4) is 0 Å². The number of quaternary nitrogens is 1. The van der Waals surface area contributed by atoms with Crippen LogP contribution in [0, 0.1) is 0 Å². The van der Waals surface area contributed by atoms with Gasteiger partial charge < -0.3 is 27.9 Å². The molecule has 0 fully saturated rings. The van der Waals surface area contributed by atoms with Gasteiger partial charge in [0, 0.05) is 13.0 Å². The van der Waals surface area contributed by atoms with Gasteiger partial charge in [-0.05, 0) is 83.5 Å². The zero-order valence-corrected chi connectivity index (χ0v) is 38.9. The summed E-state index contributed by atoms with van der Waals surface area (Å²) in [5, 5.41) is 0. The molecule has 2 atom stereocenters. The van der Waals surface area contributed by atoms with Crippen molar-refractivity contribution in [3.05, 3.63) is 72.9 Å². The monoisotopic (exact) mass is 834 g/mol. The van der Waals surface area contributed by atoms with Crippen LogP contribution in [-0.4, -0.2) is 70.7 Å². The minimum absolute atomic E-state index is 0.0161. The molecule has 2 unspecified atom stereocenters. The van der Waals surface area contributed by atoms with Gasteiger partial charge in [0.25, 0.3) is 7.82 Å². The molecule has 0 aromatic heterocycles. The number of nitrogens with zero attached hydrogens (tertiary/aromatic N) is 1. The van der Waals surface area contributed by atoms with Crippen LogP contribution in [0.15, 0.2) is 72.9 Å². The van der Waals surface area contributed by atoms with E-state index in [1.54, 1.807) is 0 Å². The van der Waals surface area contributed by atoms with Crippen molar-refractivity contribution < 1.29 is 37.3 Å². The highest BCUT2D eigenvalue weighted by Gasteiger charge is 2.20. The number of unbranched alkanes of at least 4 members (excludes halogenated alkanes) is 16. The Morgan fingerprint density at radius 2 is 1.00 bits per heavy atom. The third-order valence-corrected chi connectivity index (χ3v) is 10.5. The number of allylic oxidation sites excluding steroid dienone is 12. The van der Waals surface area contributed by atoms with Crippen LogP contribution in [-0.2, 0) is 27.9 Å². The van der Waals surface area contributed by atoms with Crippen LogP contribution >= 0.6 is 7.82 Å². The minimum atomic E-state index is -4.54. The van der Waals surface area contributed by atoms with Crippen LogP contribution in [0.4, 0.5) is 0 Å². The van der Waals surface area contributed by atoms with Gasteiger partial charge in [-0.1, -0.05) is 157 Å². The summed E-state index contributed by atoms with van der Waals surface area (Å²) in [6, 6.07) is 0. The van der Waals surface area contributed by atoms with Crippen molar-refractivity contribution in [2.45, 2.75) is 180 Å². The second-order valence-electron chi connectivity index (χ2n) is 16.4. The molecular formula is C49H88NO7P. The van der Waals surface area contributed by atoms with Crippen molar-refractivity contribution in [1.29, 1.82) is 0 Å². The van der Waals surface area contributed by atoms with Gasteiger partial charge in [0.1, 0.15) is 19.3 Å². The predicted molar refractivity (Wildman–Crippen MR) is 245 cm³/mol. The molecular weight excluding hydrogens is 746 g/mol. The van der Waals surface area contributed by atoms with Crippen LogP contribution in [0.1, 0.15) is 174 Å². The number of likely N-dealkylation sites (N-methyl/N-ethyl adjacent to an activating group) is 1. The molecule has 0 aliphatic carbocycles. The fraction of sp³-hybridized carbons (Fsp3) is 0.735. The van der Waals surface area contributed by atoms with Gasteiger partial charge in [0.15, 0.2) is 0 Å². The molecule has 0 rings (SSSR count). The molecule has 58 heavy (non-hydrogen) atoms. The van der Waals surface area contributed by atoms with Gasteiger partial charge in [0.2, 0.25) is 0 Å². The number of phosphoric ester groups is 1. The summed E-state index contributed by atoms with van der Waals surface area (Å²) >= 11 is 0. The first kappa shape index (κ1) is 55.9. The maximum Gasteiger partial charge on any atom is 0.306 e. The molecule has 0 radical (unpaired) electrons. The Hall–Kier alpha value is -2.06. The molecule has 0 amide bonds. The second-order valence-corrected chi connectivity index (χ2v) is 17.8. The number of rotatable bonds is 42. The number of ether oxygens (including phenoxy) is 2. The largest absolute Gasteiger partial charge is 0.756 e. The molecule has 0 bridgehead atoms. The van der Waals surface area contributed by atoms with Crippen LogP contribution in [0.25, 0.3) is 0 Å². The summed E-state index contributed by atoms with van der Waals surface area (Å²) in [7, 11) is 1.32. The molecule has 0 aliphatic rings. The summed E-state index contributed by atoms with van der Waals surface area (Å²) in [4.78, 5) is 25.1. The fourth-order valence-electron chi connectivity index (χ4n) is 5.92. The Bertz CT molecular complexity index is 1150. The van der Waals surface area contributed by atoms with E-state index in [4.69, 9.17) is 18.5 Å². The summed E-state index contributed by atoms with van der Waals surface area (Å²) in [6.07, 6.45) is 53.4. The van der Waals surface area contributed by atoms with E-state index in [0.717, 1.165) is 77.0 Å². The van der Waals surface area contributed by atoms with E-state index < -0.39 is 13.9 Å². The molecule has 8 nitrogen and oxygen atoms in total. The van der Waals surface area contributed by atoms with E-state index in [0.29, 0.717) is 17.6 Å². The summed E-state index contributed by atoms with van der Waals surface area (Å²) in [5.41, 5.74) is 0. The average Bonchev–Trinajstić information content (AvgIpc) is 3.18. The number of hydrogen-bond donors (Lipinski definition) is 0. The summed E-state index contributed by atoms with van der Waals surface area (Å²) < 4.78 is 34.6. The molecule has 336 valence electrons. The normalized spacial score (nSPS) is 14.4. The van der Waals surface area contributed by atoms with E-state index in [-0.39, 0.29) is 32.2 Å². The first-order chi connectivity index (χ1) is 28.1. The number of phosphoric acid groups is 1. The van der Waals surface area contributed by atoms with Gasteiger partial charge in [-0.2, -0.15) is 0 Å². The van der Waals surface area contributed by atoms with E-state index in [1.807, 2.05) is 21.1 Å². The van der Waals surface area contributed by atoms with E-state index in [9.17, 15) is 14.3 Å². The van der Waals surface area contributed by atoms with Crippen molar-refractivity contribution in [2.75, 3.05) is 54.1 Å². The standard InChI is InChI=1S/C49H88NO7P/c1-6-8-10-12-14-16-18-20-22-24-25-27-29-31-33-35-37-39-41-44-54-46-48(47-56-58(52,53)55-45-43-50(3,4)5)57-49(51)42-40-38-36-34-32-30-28-26-23-21-19-17-15-13-11-9-7-2/h9,11,15-18,21-24,28,30,48H,6-8,10,12-14,19-20,25-27,29,31-47H2,1-5H3/b11-9-,17-15-,18-16-,23-21-,24-22-,30-28-. The van der Waals surface area contributed by atoms with Gasteiger partial charge in [0.05, 0.1) is 34.4 Å². The van der Waals surface area contributed by atoms with Crippen LogP contribution in [0.2, 0.25) is 0 Å². The molecule has 0 N–H and O–H groups in total. The quantitative estimate of drug-likeness (QED) is 0.0199.